The highest BCUT2D eigenvalue weighted by Gasteiger charge is 2.47. The van der Waals surface area contributed by atoms with Crippen molar-refractivity contribution in [3.05, 3.63) is 104 Å². The van der Waals surface area contributed by atoms with E-state index >= 15 is 0 Å². The molecule has 3 aromatic carbocycles. The minimum atomic E-state index is -1.00. The molecule has 0 fully saturated rings. The molecule has 1 aromatic heterocycles. The number of Topliss-reactive ketones (excluding diaryl/α,β-unsaturated/α-hetero) is 2. The number of rotatable bonds is 5. The van der Waals surface area contributed by atoms with E-state index in [9.17, 15) is 14.4 Å². The average Bonchev–Trinajstić information content (AvgIpc) is 2.93. The zero-order valence-corrected chi connectivity index (χ0v) is 22.3. The molecular formula is C33H30O6. The number of benzene rings is 3. The van der Waals surface area contributed by atoms with E-state index < -0.39 is 11.3 Å². The van der Waals surface area contributed by atoms with E-state index in [-0.39, 0.29) is 36.6 Å². The van der Waals surface area contributed by atoms with Crippen molar-refractivity contribution in [1.29, 1.82) is 0 Å². The van der Waals surface area contributed by atoms with Crippen molar-refractivity contribution in [2.24, 2.45) is 11.3 Å². The number of fused-ring (bicyclic) bond motifs is 3. The van der Waals surface area contributed by atoms with Gasteiger partial charge in [0, 0.05) is 5.56 Å². The van der Waals surface area contributed by atoms with Gasteiger partial charge in [-0.05, 0) is 76.4 Å². The summed E-state index contributed by atoms with van der Waals surface area (Å²) in [5.74, 6) is 0.536. The number of hydrogen-bond donors (Lipinski definition) is 0. The third kappa shape index (κ3) is 4.44. The predicted molar refractivity (Wildman–Crippen MR) is 148 cm³/mol. The van der Waals surface area contributed by atoms with Crippen molar-refractivity contribution in [3.63, 3.8) is 0 Å². The SMILES string of the molecule is Cc1ccc2c(c1)C(=O)C(CC1(CCc3coc4ccc(C)cc4c3=O)COc3ccc(C)cc3C1=O)CO2. The maximum atomic E-state index is 14.2. The van der Waals surface area contributed by atoms with Crippen molar-refractivity contribution < 1.29 is 23.5 Å². The van der Waals surface area contributed by atoms with E-state index in [1.807, 2.05) is 69.3 Å². The zero-order chi connectivity index (χ0) is 27.3. The van der Waals surface area contributed by atoms with Gasteiger partial charge in [0.2, 0.25) is 0 Å². The first kappa shape index (κ1) is 25.1. The molecular weight excluding hydrogens is 492 g/mol. The Kier molecular flexibility index (Phi) is 6.13. The van der Waals surface area contributed by atoms with Crippen LogP contribution in [0.25, 0.3) is 11.0 Å². The van der Waals surface area contributed by atoms with Crippen LogP contribution in [0.2, 0.25) is 0 Å². The number of aryl methyl sites for hydroxylation is 4. The highest BCUT2D eigenvalue weighted by Crippen LogP contribution is 2.44. The van der Waals surface area contributed by atoms with Crippen molar-refractivity contribution in [2.75, 3.05) is 13.2 Å². The summed E-state index contributed by atoms with van der Waals surface area (Å²) in [6, 6.07) is 16.7. The lowest BCUT2D eigenvalue weighted by molar-refractivity contribution is 0.0424. The van der Waals surface area contributed by atoms with Crippen LogP contribution in [0.4, 0.5) is 0 Å². The summed E-state index contributed by atoms with van der Waals surface area (Å²) >= 11 is 0. The summed E-state index contributed by atoms with van der Waals surface area (Å²) in [7, 11) is 0. The lowest BCUT2D eigenvalue weighted by atomic mass is 9.68. The molecule has 6 nitrogen and oxygen atoms in total. The van der Waals surface area contributed by atoms with E-state index in [0.717, 1.165) is 16.7 Å². The maximum Gasteiger partial charge on any atom is 0.195 e. The molecule has 0 amide bonds. The number of ether oxygens (including phenoxy) is 2. The third-order valence-electron chi connectivity index (χ3n) is 8.09. The first-order valence-electron chi connectivity index (χ1n) is 13.3. The fourth-order valence-electron chi connectivity index (χ4n) is 5.86. The van der Waals surface area contributed by atoms with Gasteiger partial charge >= 0.3 is 0 Å². The summed E-state index contributed by atoms with van der Waals surface area (Å²) in [4.78, 5) is 41.1. The van der Waals surface area contributed by atoms with E-state index in [4.69, 9.17) is 13.9 Å². The standard InChI is InChI=1S/C33H30O6/c1-19-4-7-27-24(12-19)30(34)22(16-37-27)10-11-33(18-39-29-9-6-21(3)14-26(29)32(33)36)15-23-17-38-28-8-5-20(2)13-25(28)31(23)35/h4-9,12-14,16,23H,10-11,15,17-18H2,1-3H3. The number of carbonyl (C=O) groups excluding carboxylic acids is 2. The van der Waals surface area contributed by atoms with Gasteiger partial charge in [-0.2, -0.15) is 0 Å². The summed E-state index contributed by atoms with van der Waals surface area (Å²) in [6.07, 6.45) is 2.42. The summed E-state index contributed by atoms with van der Waals surface area (Å²) in [6.45, 7) is 6.13. The largest absolute Gasteiger partial charge is 0.492 e. The van der Waals surface area contributed by atoms with Crippen molar-refractivity contribution in [1.82, 2.24) is 0 Å². The van der Waals surface area contributed by atoms with E-state index in [1.54, 1.807) is 6.07 Å². The maximum absolute atomic E-state index is 14.2. The first-order valence-corrected chi connectivity index (χ1v) is 13.3. The molecule has 6 rings (SSSR count). The van der Waals surface area contributed by atoms with Crippen LogP contribution < -0.4 is 14.9 Å². The lowest BCUT2D eigenvalue weighted by Crippen LogP contribution is -2.45. The minimum absolute atomic E-state index is 0.0251. The summed E-state index contributed by atoms with van der Waals surface area (Å²) in [5, 5.41) is 0.525. The topological polar surface area (TPSA) is 82.8 Å². The molecule has 39 heavy (non-hydrogen) atoms. The summed E-state index contributed by atoms with van der Waals surface area (Å²) < 4.78 is 17.9. The Balaban J connectivity index is 1.36. The lowest BCUT2D eigenvalue weighted by Gasteiger charge is -2.39. The van der Waals surface area contributed by atoms with Gasteiger partial charge in [-0.25, -0.2) is 0 Å². The van der Waals surface area contributed by atoms with E-state index in [2.05, 4.69) is 0 Å². The minimum Gasteiger partial charge on any atom is -0.492 e. The van der Waals surface area contributed by atoms with Gasteiger partial charge in [-0.1, -0.05) is 34.9 Å². The molecule has 198 valence electrons. The van der Waals surface area contributed by atoms with Crippen LogP contribution in [0, 0.1) is 32.1 Å². The molecule has 0 spiro atoms. The van der Waals surface area contributed by atoms with Crippen molar-refractivity contribution >= 4 is 22.5 Å². The Morgan fingerprint density at radius 1 is 0.821 bits per heavy atom. The van der Waals surface area contributed by atoms with Crippen LogP contribution in [-0.4, -0.2) is 24.8 Å². The molecule has 0 saturated heterocycles. The molecule has 3 heterocycles. The number of carbonyl (C=O) groups is 2. The molecule has 6 heteroatoms. The van der Waals surface area contributed by atoms with Crippen LogP contribution in [-0.2, 0) is 6.42 Å². The molecule has 0 saturated carbocycles. The highest BCUT2D eigenvalue weighted by molar-refractivity contribution is 6.05. The van der Waals surface area contributed by atoms with Gasteiger partial charge in [-0.15, -0.1) is 0 Å². The van der Waals surface area contributed by atoms with Crippen LogP contribution >= 0.6 is 0 Å². The van der Waals surface area contributed by atoms with Crippen LogP contribution in [0.3, 0.4) is 0 Å². The first-order chi connectivity index (χ1) is 18.7. The Labute approximate surface area is 226 Å². The zero-order valence-electron chi connectivity index (χ0n) is 22.3. The molecule has 0 radical (unpaired) electrons. The average molecular weight is 523 g/mol. The normalized spacial score (nSPS) is 20.2. The van der Waals surface area contributed by atoms with Gasteiger partial charge in [0.05, 0.1) is 40.7 Å². The van der Waals surface area contributed by atoms with Crippen LogP contribution in [0.1, 0.15) is 55.8 Å². The molecule has 4 aromatic rings. The van der Waals surface area contributed by atoms with Crippen molar-refractivity contribution in [2.45, 2.75) is 40.0 Å². The smallest absolute Gasteiger partial charge is 0.195 e. The highest BCUT2D eigenvalue weighted by atomic mass is 16.5. The van der Waals surface area contributed by atoms with Crippen molar-refractivity contribution in [3.8, 4) is 11.5 Å². The fraction of sp³-hybridized carbons (Fsp3) is 0.303. The van der Waals surface area contributed by atoms with Gasteiger partial charge in [0.15, 0.2) is 17.0 Å². The van der Waals surface area contributed by atoms with Gasteiger partial charge in [0.25, 0.3) is 0 Å². The summed E-state index contributed by atoms with van der Waals surface area (Å²) in [5.41, 5.74) is 3.89. The molecule has 2 aliphatic heterocycles. The second-order valence-electron chi connectivity index (χ2n) is 11.1. The molecule has 2 unspecified atom stereocenters. The molecule has 0 aliphatic carbocycles. The van der Waals surface area contributed by atoms with Gasteiger partial charge in [0.1, 0.15) is 23.7 Å². The Morgan fingerprint density at radius 3 is 2.26 bits per heavy atom. The van der Waals surface area contributed by atoms with Crippen LogP contribution in [0.5, 0.6) is 11.5 Å². The molecule has 0 N–H and O–H groups in total. The molecule has 0 bridgehead atoms. The fourth-order valence-corrected chi connectivity index (χ4v) is 5.86. The third-order valence-corrected chi connectivity index (χ3v) is 8.09. The molecule has 2 aliphatic rings. The molecule has 2 atom stereocenters. The van der Waals surface area contributed by atoms with E-state index in [0.29, 0.717) is 52.0 Å². The monoisotopic (exact) mass is 522 g/mol. The second-order valence-corrected chi connectivity index (χ2v) is 11.1. The number of ketones is 2. The van der Waals surface area contributed by atoms with Gasteiger partial charge < -0.3 is 13.9 Å². The van der Waals surface area contributed by atoms with Gasteiger partial charge in [-0.3, -0.25) is 14.4 Å². The quantitative estimate of drug-likeness (QED) is 0.311. The van der Waals surface area contributed by atoms with Crippen LogP contribution in [0.15, 0.2) is 70.1 Å². The Morgan fingerprint density at radius 2 is 1.49 bits per heavy atom. The predicted octanol–water partition coefficient (Wildman–Crippen LogP) is 6.19. The Hall–Kier alpha value is -4.19. The second kappa shape index (κ2) is 9.53. The Bertz CT molecular complexity index is 1700. The van der Waals surface area contributed by atoms with E-state index in [1.165, 1.54) is 6.26 Å². The number of hydrogen-bond acceptors (Lipinski definition) is 6.